The Kier molecular flexibility index (Phi) is 3.25. The maximum absolute atomic E-state index is 10.6. The molecule has 1 aromatic rings. The zero-order chi connectivity index (χ0) is 8.97. The fraction of sp³-hybridized carbons (Fsp3) is 0.375. The Morgan fingerprint density at radius 3 is 2.92 bits per heavy atom. The van der Waals surface area contributed by atoms with Gasteiger partial charge in [0, 0.05) is 6.54 Å². The summed E-state index contributed by atoms with van der Waals surface area (Å²) in [6, 6.07) is 1.93. The minimum absolute atomic E-state index is 0.200. The number of hydrogen-bond donors (Lipinski definition) is 2. The molecule has 4 heteroatoms. The molecule has 3 N–H and O–H groups in total. The van der Waals surface area contributed by atoms with Crippen molar-refractivity contribution in [1.82, 2.24) is 0 Å². The molecule has 1 unspecified atom stereocenters. The molecule has 1 aromatic heterocycles. The molecule has 0 saturated heterocycles. The molecule has 0 aliphatic rings. The summed E-state index contributed by atoms with van der Waals surface area (Å²) in [4.78, 5) is 10.6. The van der Waals surface area contributed by atoms with E-state index in [1.165, 1.54) is 0 Å². The monoisotopic (exact) mass is 185 g/mol. The number of aliphatic carboxylic acids is 1. The van der Waals surface area contributed by atoms with E-state index in [0.29, 0.717) is 6.42 Å². The van der Waals surface area contributed by atoms with Crippen LogP contribution in [0.1, 0.15) is 5.56 Å². The van der Waals surface area contributed by atoms with Crippen LogP contribution in [0.4, 0.5) is 0 Å². The van der Waals surface area contributed by atoms with Gasteiger partial charge >= 0.3 is 5.97 Å². The van der Waals surface area contributed by atoms with Crippen LogP contribution in [0.3, 0.4) is 0 Å². The summed E-state index contributed by atoms with van der Waals surface area (Å²) in [6.45, 7) is 0.200. The molecule has 0 saturated carbocycles. The number of hydrogen-bond acceptors (Lipinski definition) is 3. The lowest BCUT2D eigenvalue weighted by Crippen LogP contribution is -2.25. The summed E-state index contributed by atoms with van der Waals surface area (Å²) in [5.41, 5.74) is 6.37. The zero-order valence-electron chi connectivity index (χ0n) is 6.56. The van der Waals surface area contributed by atoms with Gasteiger partial charge in [-0.1, -0.05) is 0 Å². The summed E-state index contributed by atoms with van der Waals surface area (Å²) in [7, 11) is 0. The van der Waals surface area contributed by atoms with E-state index in [1.807, 2.05) is 16.8 Å². The van der Waals surface area contributed by atoms with Crippen molar-refractivity contribution < 1.29 is 9.90 Å². The SMILES string of the molecule is NCC(Cc1ccsc1)C(=O)O. The number of rotatable bonds is 4. The average Bonchev–Trinajstić information content (AvgIpc) is 2.51. The molecule has 66 valence electrons. The Hall–Kier alpha value is -0.870. The molecule has 0 spiro atoms. The lowest BCUT2D eigenvalue weighted by Gasteiger charge is -2.06. The molecule has 0 aliphatic heterocycles. The molecule has 1 atom stereocenters. The van der Waals surface area contributed by atoms with E-state index in [4.69, 9.17) is 10.8 Å². The van der Waals surface area contributed by atoms with Crippen LogP contribution >= 0.6 is 11.3 Å². The first-order valence-corrected chi connectivity index (χ1v) is 4.62. The van der Waals surface area contributed by atoms with Crippen LogP contribution in [0.25, 0.3) is 0 Å². The van der Waals surface area contributed by atoms with Gasteiger partial charge in [0.2, 0.25) is 0 Å². The molecule has 0 amide bonds. The predicted molar refractivity (Wildman–Crippen MR) is 48.2 cm³/mol. The molecule has 0 bridgehead atoms. The number of thiophene rings is 1. The highest BCUT2D eigenvalue weighted by Gasteiger charge is 2.15. The molecule has 3 nitrogen and oxygen atoms in total. The third kappa shape index (κ3) is 2.32. The van der Waals surface area contributed by atoms with Crippen LogP contribution in [0.2, 0.25) is 0 Å². The van der Waals surface area contributed by atoms with Crippen molar-refractivity contribution >= 4 is 17.3 Å². The second kappa shape index (κ2) is 4.23. The van der Waals surface area contributed by atoms with Crippen molar-refractivity contribution in [1.29, 1.82) is 0 Å². The Labute approximate surface area is 74.8 Å². The van der Waals surface area contributed by atoms with E-state index in [9.17, 15) is 4.79 Å². The molecule has 0 aromatic carbocycles. The third-order valence-corrected chi connectivity index (χ3v) is 2.43. The smallest absolute Gasteiger partial charge is 0.308 e. The first-order valence-electron chi connectivity index (χ1n) is 3.68. The molecular formula is C8H11NO2S. The molecule has 0 radical (unpaired) electrons. The highest BCUT2D eigenvalue weighted by atomic mass is 32.1. The van der Waals surface area contributed by atoms with Gasteiger partial charge in [0.15, 0.2) is 0 Å². The van der Waals surface area contributed by atoms with Crippen molar-refractivity contribution in [3.05, 3.63) is 22.4 Å². The highest BCUT2D eigenvalue weighted by Crippen LogP contribution is 2.11. The standard InChI is InChI=1S/C8H11NO2S/c9-4-7(8(10)11)3-6-1-2-12-5-6/h1-2,5,7H,3-4,9H2,(H,10,11). The van der Waals surface area contributed by atoms with Crippen molar-refractivity contribution in [3.8, 4) is 0 Å². The van der Waals surface area contributed by atoms with Crippen molar-refractivity contribution in [3.63, 3.8) is 0 Å². The Morgan fingerprint density at radius 2 is 2.50 bits per heavy atom. The molecular weight excluding hydrogens is 174 g/mol. The third-order valence-electron chi connectivity index (χ3n) is 1.70. The maximum Gasteiger partial charge on any atom is 0.308 e. The number of nitrogens with two attached hydrogens (primary N) is 1. The van der Waals surface area contributed by atoms with Gasteiger partial charge in [0.1, 0.15) is 0 Å². The highest BCUT2D eigenvalue weighted by molar-refractivity contribution is 7.07. The van der Waals surface area contributed by atoms with Gasteiger partial charge in [-0.15, -0.1) is 0 Å². The van der Waals surface area contributed by atoms with Crippen LogP contribution in [0.5, 0.6) is 0 Å². The minimum atomic E-state index is -0.816. The minimum Gasteiger partial charge on any atom is -0.481 e. The maximum atomic E-state index is 10.6. The van der Waals surface area contributed by atoms with Gasteiger partial charge in [0.25, 0.3) is 0 Å². The lowest BCUT2D eigenvalue weighted by molar-refractivity contribution is -0.141. The first-order chi connectivity index (χ1) is 5.74. The lowest BCUT2D eigenvalue weighted by atomic mass is 10.0. The van der Waals surface area contributed by atoms with Gasteiger partial charge in [-0.05, 0) is 28.8 Å². The van der Waals surface area contributed by atoms with E-state index in [0.717, 1.165) is 5.56 Å². The van der Waals surface area contributed by atoms with Gasteiger partial charge in [0.05, 0.1) is 5.92 Å². The molecule has 0 aliphatic carbocycles. The quantitative estimate of drug-likeness (QED) is 0.734. The molecule has 1 rings (SSSR count). The van der Waals surface area contributed by atoms with Crippen LogP contribution in [0, 0.1) is 5.92 Å². The first kappa shape index (κ1) is 9.22. The summed E-state index contributed by atoms with van der Waals surface area (Å²) >= 11 is 1.57. The molecule has 12 heavy (non-hydrogen) atoms. The number of carboxylic acids is 1. The van der Waals surface area contributed by atoms with Gasteiger partial charge in [-0.2, -0.15) is 11.3 Å². The van der Waals surface area contributed by atoms with E-state index in [-0.39, 0.29) is 6.54 Å². The number of carboxylic acid groups (broad SMARTS) is 1. The summed E-state index contributed by atoms with van der Waals surface area (Å²) < 4.78 is 0. The second-order valence-electron chi connectivity index (χ2n) is 2.61. The second-order valence-corrected chi connectivity index (χ2v) is 3.39. The van der Waals surface area contributed by atoms with E-state index in [1.54, 1.807) is 11.3 Å². The summed E-state index contributed by atoms with van der Waals surface area (Å²) in [5.74, 6) is -1.26. The predicted octanol–water partition coefficient (Wildman–Crippen LogP) is 0.950. The fourth-order valence-corrected chi connectivity index (χ4v) is 1.65. The van der Waals surface area contributed by atoms with Crippen molar-refractivity contribution in [2.45, 2.75) is 6.42 Å². The van der Waals surface area contributed by atoms with E-state index >= 15 is 0 Å². The van der Waals surface area contributed by atoms with Crippen molar-refractivity contribution in [2.24, 2.45) is 11.7 Å². The topological polar surface area (TPSA) is 63.3 Å². The summed E-state index contributed by atoms with van der Waals surface area (Å²) in [5, 5.41) is 12.6. The molecule has 1 heterocycles. The largest absolute Gasteiger partial charge is 0.481 e. The average molecular weight is 185 g/mol. The van der Waals surface area contributed by atoms with E-state index < -0.39 is 11.9 Å². The fourth-order valence-electron chi connectivity index (χ4n) is 0.965. The van der Waals surface area contributed by atoms with Gasteiger partial charge < -0.3 is 10.8 Å². The van der Waals surface area contributed by atoms with Crippen LogP contribution in [-0.4, -0.2) is 17.6 Å². The molecule has 0 fully saturated rings. The zero-order valence-corrected chi connectivity index (χ0v) is 7.38. The normalized spacial score (nSPS) is 12.8. The Balaban J connectivity index is 2.54. The number of carbonyl (C=O) groups is 1. The van der Waals surface area contributed by atoms with Crippen molar-refractivity contribution in [2.75, 3.05) is 6.54 Å². The summed E-state index contributed by atoms with van der Waals surface area (Å²) in [6.07, 6.45) is 0.537. The van der Waals surface area contributed by atoms with Gasteiger partial charge in [-0.25, -0.2) is 0 Å². The van der Waals surface area contributed by atoms with Crippen LogP contribution in [0.15, 0.2) is 16.8 Å². The van der Waals surface area contributed by atoms with E-state index in [2.05, 4.69) is 0 Å². The Bertz CT molecular complexity index is 246. The Morgan fingerprint density at radius 1 is 1.75 bits per heavy atom. The van der Waals surface area contributed by atoms with Gasteiger partial charge in [-0.3, -0.25) is 4.79 Å². The van der Waals surface area contributed by atoms with Crippen LogP contribution < -0.4 is 5.73 Å². The van der Waals surface area contributed by atoms with Crippen LogP contribution in [-0.2, 0) is 11.2 Å².